The van der Waals surface area contributed by atoms with Gasteiger partial charge in [0.25, 0.3) is 11.8 Å². The number of amides is 3. The third-order valence-electron chi connectivity index (χ3n) is 7.59. The quantitative estimate of drug-likeness (QED) is 0.553. The Balaban J connectivity index is 1.22. The molecular formula is C28H33ClN4O5. The van der Waals surface area contributed by atoms with Crippen molar-refractivity contribution in [1.82, 2.24) is 15.1 Å². The second-order valence-electron chi connectivity index (χ2n) is 10.0. The molecule has 1 N–H and O–H groups in total. The van der Waals surface area contributed by atoms with Crippen LogP contribution in [0.2, 0.25) is 5.02 Å². The number of anilines is 1. The van der Waals surface area contributed by atoms with Gasteiger partial charge in [0.2, 0.25) is 5.91 Å². The van der Waals surface area contributed by atoms with Crippen molar-refractivity contribution < 1.29 is 23.9 Å². The molecule has 1 spiro atoms. The van der Waals surface area contributed by atoms with Crippen LogP contribution in [0.15, 0.2) is 54.6 Å². The number of carbonyl (C=O) groups is 3. The van der Waals surface area contributed by atoms with E-state index in [1.54, 1.807) is 34.1 Å². The third-order valence-corrected chi connectivity index (χ3v) is 7.84. The summed E-state index contributed by atoms with van der Waals surface area (Å²) in [7, 11) is 0. The Bertz CT molecular complexity index is 1130. The van der Waals surface area contributed by atoms with E-state index in [2.05, 4.69) is 10.2 Å². The van der Waals surface area contributed by atoms with Crippen molar-refractivity contribution in [1.29, 1.82) is 0 Å². The lowest BCUT2D eigenvalue weighted by Crippen LogP contribution is -2.58. The van der Waals surface area contributed by atoms with E-state index < -0.39 is 5.54 Å². The number of rotatable bonds is 8. The molecule has 10 heteroatoms. The van der Waals surface area contributed by atoms with E-state index in [9.17, 15) is 14.4 Å². The molecule has 3 aliphatic heterocycles. The van der Waals surface area contributed by atoms with Crippen molar-refractivity contribution in [3.05, 3.63) is 59.6 Å². The molecule has 0 aromatic heterocycles. The summed E-state index contributed by atoms with van der Waals surface area (Å²) in [5, 5.41) is 3.52. The predicted molar refractivity (Wildman–Crippen MR) is 143 cm³/mol. The van der Waals surface area contributed by atoms with Gasteiger partial charge in [-0.25, -0.2) is 0 Å². The highest BCUT2D eigenvalue weighted by molar-refractivity contribution is 6.30. The molecule has 1 atom stereocenters. The molecule has 5 rings (SSSR count). The van der Waals surface area contributed by atoms with Crippen molar-refractivity contribution in [2.75, 3.05) is 51.0 Å². The summed E-state index contributed by atoms with van der Waals surface area (Å²) < 4.78 is 11.2. The SMILES string of the molecule is O=C(CN1CN(c2ccccc2)C2(CCN(C(=O)COc3ccc(Cl)cc3)CC2)C1=O)NCC1CCCO1. The molecule has 202 valence electrons. The van der Waals surface area contributed by atoms with Gasteiger partial charge in [-0.05, 0) is 62.1 Å². The number of benzene rings is 2. The Morgan fingerprint density at radius 3 is 2.50 bits per heavy atom. The number of halogens is 1. The second-order valence-corrected chi connectivity index (χ2v) is 10.4. The number of para-hydroxylation sites is 1. The van der Waals surface area contributed by atoms with E-state index in [4.69, 9.17) is 21.1 Å². The fourth-order valence-corrected chi connectivity index (χ4v) is 5.60. The zero-order valence-electron chi connectivity index (χ0n) is 21.3. The third kappa shape index (κ3) is 5.73. The number of ether oxygens (including phenoxy) is 2. The minimum atomic E-state index is -0.802. The van der Waals surface area contributed by atoms with E-state index in [0.29, 0.717) is 49.9 Å². The first-order valence-electron chi connectivity index (χ1n) is 13.1. The van der Waals surface area contributed by atoms with Gasteiger partial charge in [-0.3, -0.25) is 14.4 Å². The summed E-state index contributed by atoms with van der Waals surface area (Å²) in [5.74, 6) is 0.187. The molecule has 3 saturated heterocycles. The van der Waals surface area contributed by atoms with Crippen LogP contribution in [0.25, 0.3) is 0 Å². The predicted octanol–water partition coefficient (Wildman–Crippen LogP) is 2.68. The molecule has 3 aliphatic rings. The molecule has 38 heavy (non-hydrogen) atoms. The van der Waals surface area contributed by atoms with Crippen LogP contribution in [0.3, 0.4) is 0 Å². The van der Waals surface area contributed by atoms with Crippen LogP contribution >= 0.6 is 11.6 Å². The first-order chi connectivity index (χ1) is 18.4. The van der Waals surface area contributed by atoms with Gasteiger partial charge in [0, 0.05) is 37.0 Å². The fourth-order valence-electron chi connectivity index (χ4n) is 5.48. The van der Waals surface area contributed by atoms with E-state index in [-0.39, 0.29) is 37.0 Å². The molecule has 0 radical (unpaired) electrons. The maximum atomic E-state index is 13.8. The Morgan fingerprint density at radius 2 is 1.82 bits per heavy atom. The second kappa shape index (κ2) is 11.6. The average molecular weight is 541 g/mol. The Kier molecular flexibility index (Phi) is 8.04. The van der Waals surface area contributed by atoms with E-state index in [1.165, 1.54) is 0 Å². The summed E-state index contributed by atoms with van der Waals surface area (Å²) in [6.07, 6.45) is 2.94. The number of carbonyl (C=O) groups excluding carboxylic acids is 3. The topological polar surface area (TPSA) is 91.4 Å². The van der Waals surface area contributed by atoms with Crippen LogP contribution in [-0.2, 0) is 19.1 Å². The molecular weight excluding hydrogens is 508 g/mol. The number of hydrogen-bond donors (Lipinski definition) is 1. The van der Waals surface area contributed by atoms with Gasteiger partial charge in [0.15, 0.2) is 6.61 Å². The first kappa shape index (κ1) is 26.3. The van der Waals surface area contributed by atoms with E-state index in [0.717, 1.165) is 25.1 Å². The maximum Gasteiger partial charge on any atom is 0.260 e. The van der Waals surface area contributed by atoms with Crippen LogP contribution < -0.4 is 15.0 Å². The van der Waals surface area contributed by atoms with Gasteiger partial charge in [-0.2, -0.15) is 0 Å². The van der Waals surface area contributed by atoms with Crippen molar-refractivity contribution in [2.45, 2.75) is 37.3 Å². The molecule has 2 aromatic carbocycles. The summed E-state index contributed by atoms with van der Waals surface area (Å²) >= 11 is 5.91. The lowest BCUT2D eigenvalue weighted by molar-refractivity contribution is -0.140. The van der Waals surface area contributed by atoms with Crippen molar-refractivity contribution in [2.24, 2.45) is 0 Å². The molecule has 2 aromatic rings. The molecule has 0 aliphatic carbocycles. The lowest BCUT2D eigenvalue weighted by Gasteiger charge is -2.43. The van der Waals surface area contributed by atoms with Gasteiger partial charge in [0.05, 0.1) is 12.8 Å². The highest BCUT2D eigenvalue weighted by Crippen LogP contribution is 2.39. The van der Waals surface area contributed by atoms with Gasteiger partial charge < -0.3 is 29.5 Å². The van der Waals surface area contributed by atoms with Crippen molar-refractivity contribution in [3.8, 4) is 5.75 Å². The molecule has 0 saturated carbocycles. The molecule has 3 heterocycles. The summed E-state index contributed by atoms with van der Waals surface area (Å²) in [5.41, 5.74) is 0.123. The molecule has 9 nitrogen and oxygen atoms in total. The number of nitrogens with zero attached hydrogens (tertiary/aromatic N) is 3. The normalized spacial score (nSPS) is 20.7. The van der Waals surface area contributed by atoms with Gasteiger partial charge >= 0.3 is 0 Å². The largest absolute Gasteiger partial charge is 0.484 e. The van der Waals surface area contributed by atoms with Crippen molar-refractivity contribution >= 4 is 35.0 Å². The van der Waals surface area contributed by atoms with Gasteiger partial charge in [0.1, 0.15) is 17.8 Å². The molecule has 3 fully saturated rings. The van der Waals surface area contributed by atoms with Crippen LogP contribution in [0, 0.1) is 0 Å². The average Bonchev–Trinajstić information content (AvgIpc) is 3.55. The Labute approximate surface area is 227 Å². The minimum absolute atomic E-state index is 0.00574. The van der Waals surface area contributed by atoms with E-state index >= 15 is 0 Å². The highest BCUT2D eigenvalue weighted by Gasteiger charge is 2.54. The fraction of sp³-hybridized carbons (Fsp3) is 0.464. The summed E-state index contributed by atoms with van der Waals surface area (Å²) in [4.78, 5) is 44.9. The molecule has 3 amide bonds. The summed E-state index contributed by atoms with van der Waals surface area (Å²) in [6, 6.07) is 16.7. The lowest BCUT2D eigenvalue weighted by atomic mass is 9.85. The number of hydrogen-bond acceptors (Lipinski definition) is 6. The zero-order chi connectivity index (χ0) is 26.5. The van der Waals surface area contributed by atoms with E-state index in [1.807, 2.05) is 30.3 Å². The summed E-state index contributed by atoms with van der Waals surface area (Å²) in [6.45, 7) is 2.28. The highest BCUT2D eigenvalue weighted by atomic mass is 35.5. The Morgan fingerprint density at radius 1 is 1.08 bits per heavy atom. The van der Waals surface area contributed by atoms with Gasteiger partial charge in [-0.1, -0.05) is 29.8 Å². The monoisotopic (exact) mass is 540 g/mol. The van der Waals surface area contributed by atoms with Crippen LogP contribution in [0.1, 0.15) is 25.7 Å². The standard InChI is InChI=1S/C28H33ClN4O5/c29-21-8-10-23(11-9-21)38-19-26(35)31-14-12-28(13-15-31)27(36)32(20-33(28)22-5-2-1-3-6-22)18-25(34)30-17-24-7-4-16-37-24/h1-3,5-6,8-11,24H,4,7,12-20H2,(H,30,34). The zero-order valence-corrected chi connectivity index (χ0v) is 22.1. The Hall–Kier alpha value is -3.30. The van der Waals surface area contributed by atoms with Crippen molar-refractivity contribution in [3.63, 3.8) is 0 Å². The maximum absolute atomic E-state index is 13.8. The first-order valence-corrected chi connectivity index (χ1v) is 13.5. The number of piperidine rings is 1. The smallest absolute Gasteiger partial charge is 0.260 e. The molecule has 0 bridgehead atoms. The number of likely N-dealkylation sites (tertiary alicyclic amines) is 1. The molecule has 1 unspecified atom stereocenters. The van der Waals surface area contributed by atoms with Gasteiger partial charge in [-0.15, -0.1) is 0 Å². The van der Waals surface area contributed by atoms with Crippen LogP contribution in [-0.4, -0.2) is 85.2 Å². The number of nitrogens with one attached hydrogen (secondary N) is 1. The van der Waals surface area contributed by atoms with Crippen LogP contribution in [0.4, 0.5) is 5.69 Å². The van der Waals surface area contributed by atoms with Crippen LogP contribution in [0.5, 0.6) is 5.75 Å². The minimum Gasteiger partial charge on any atom is -0.484 e.